The maximum atomic E-state index is 13.8. The second kappa shape index (κ2) is 9.79. The first-order valence-electron chi connectivity index (χ1n) is 13.1. The molecular formula is C28H30N4O7. The Balaban J connectivity index is 1.79. The zero-order chi connectivity index (χ0) is 28.1. The number of rotatable bonds is 8. The number of nitro groups is 1. The van der Waals surface area contributed by atoms with E-state index in [2.05, 4.69) is 12.2 Å². The van der Waals surface area contributed by atoms with Crippen molar-refractivity contribution in [2.24, 2.45) is 0 Å². The molecule has 11 nitrogen and oxygen atoms in total. The van der Waals surface area contributed by atoms with Crippen molar-refractivity contribution >= 4 is 34.2 Å². The number of pyridine rings is 2. The number of ether oxygens (including phenoxy) is 2. The van der Waals surface area contributed by atoms with Gasteiger partial charge in [0, 0.05) is 30.2 Å². The van der Waals surface area contributed by atoms with Crippen LogP contribution in [0.2, 0.25) is 0 Å². The SMILES string of the molecule is CCCCCNc1c2c(nc3ccc(C)c([N+](=O)[O-])c13)-c1cc3c(c(=O)n1C2)COC(=O)[C@@]3(CC)OC(C)=O. The summed E-state index contributed by atoms with van der Waals surface area (Å²) in [7, 11) is 0. The number of esters is 2. The molecule has 0 bridgehead atoms. The van der Waals surface area contributed by atoms with E-state index in [4.69, 9.17) is 14.5 Å². The smallest absolute Gasteiger partial charge is 0.355 e. The molecule has 1 atom stereocenters. The number of aromatic nitrogens is 2. The number of aryl methyl sites for hydroxylation is 1. The van der Waals surface area contributed by atoms with Crippen molar-refractivity contribution in [3.63, 3.8) is 0 Å². The Labute approximate surface area is 224 Å². The van der Waals surface area contributed by atoms with Crippen LogP contribution in [0.1, 0.15) is 68.7 Å². The Morgan fingerprint density at radius 2 is 2.03 bits per heavy atom. The Hall–Kier alpha value is -4.28. The van der Waals surface area contributed by atoms with E-state index in [0.717, 1.165) is 19.3 Å². The van der Waals surface area contributed by atoms with Crippen LogP contribution >= 0.6 is 0 Å². The Morgan fingerprint density at radius 3 is 2.69 bits per heavy atom. The second-order valence-corrected chi connectivity index (χ2v) is 9.99. The number of fused-ring (bicyclic) bond motifs is 5. The summed E-state index contributed by atoms with van der Waals surface area (Å²) in [4.78, 5) is 55.3. The average molecular weight is 535 g/mol. The van der Waals surface area contributed by atoms with E-state index in [1.165, 1.54) is 6.92 Å². The van der Waals surface area contributed by atoms with Gasteiger partial charge < -0.3 is 19.4 Å². The van der Waals surface area contributed by atoms with Crippen LogP contribution in [0.25, 0.3) is 22.3 Å². The summed E-state index contributed by atoms with van der Waals surface area (Å²) < 4.78 is 12.4. The number of hydrogen-bond donors (Lipinski definition) is 1. The largest absolute Gasteiger partial charge is 0.457 e. The Bertz CT molecular complexity index is 1610. The van der Waals surface area contributed by atoms with E-state index < -0.39 is 22.5 Å². The summed E-state index contributed by atoms with van der Waals surface area (Å²) in [5.41, 5.74) is 1.48. The highest BCUT2D eigenvalue weighted by molar-refractivity contribution is 6.03. The van der Waals surface area contributed by atoms with Crippen LogP contribution in [0.15, 0.2) is 23.0 Å². The lowest BCUT2D eigenvalue weighted by Gasteiger charge is -2.35. The molecule has 204 valence electrons. The molecule has 5 rings (SSSR count). The number of hydrogen-bond acceptors (Lipinski definition) is 9. The zero-order valence-corrected chi connectivity index (χ0v) is 22.4. The third kappa shape index (κ3) is 4.03. The minimum absolute atomic E-state index is 0.0257. The fraction of sp³-hybridized carbons (Fsp3) is 0.429. The molecule has 1 N–H and O–H groups in total. The van der Waals surface area contributed by atoms with Gasteiger partial charge in [-0.05, 0) is 31.9 Å². The number of benzene rings is 1. The van der Waals surface area contributed by atoms with E-state index in [9.17, 15) is 24.5 Å². The molecule has 4 heterocycles. The molecule has 11 heteroatoms. The van der Waals surface area contributed by atoms with Crippen molar-refractivity contribution in [3.05, 3.63) is 60.9 Å². The third-order valence-corrected chi connectivity index (χ3v) is 7.58. The molecule has 0 radical (unpaired) electrons. The van der Waals surface area contributed by atoms with Gasteiger partial charge in [-0.2, -0.15) is 0 Å². The minimum atomic E-state index is -1.75. The molecule has 0 spiro atoms. The predicted molar refractivity (Wildman–Crippen MR) is 143 cm³/mol. The molecule has 0 amide bonds. The molecule has 39 heavy (non-hydrogen) atoms. The van der Waals surface area contributed by atoms with Crippen LogP contribution in [0.4, 0.5) is 11.4 Å². The van der Waals surface area contributed by atoms with E-state index in [0.29, 0.717) is 45.6 Å². The minimum Gasteiger partial charge on any atom is -0.457 e. The lowest BCUT2D eigenvalue weighted by Crippen LogP contribution is -2.47. The number of unbranched alkanes of at least 4 members (excludes halogenated alkanes) is 2. The molecular weight excluding hydrogens is 504 g/mol. The van der Waals surface area contributed by atoms with Gasteiger partial charge in [0.2, 0.25) is 5.60 Å². The molecule has 3 aromatic rings. The van der Waals surface area contributed by atoms with Gasteiger partial charge >= 0.3 is 11.9 Å². The normalized spacial score (nSPS) is 17.3. The fourth-order valence-corrected chi connectivity index (χ4v) is 5.68. The molecule has 0 saturated heterocycles. The standard InChI is InChI=1S/C28H30N4O7/c1-5-7-8-11-29-24-17-13-31-21(23(17)30-20-10-9-15(3)25(22(20)24)32(36)37)12-19-18(26(31)34)14-38-27(35)28(19,6-2)39-16(4)33/h9-10,12H,5-8,11,13-14H2,1-4H3,(H,29,30)/t28-/m0/s1. The number of nitrogens with one attached hydrogen (secondary N) is 1. The maximum Gasteiger partial charge on any atom is 0.355 e. The number of nitro benzene ring substituents is 1. The lowest BCUT2D eigenvalue weighted by molar-refractivity contribution is -0.383. The molecule has 0 aliphatic carbocycles. The monoisotopic (exact) mass is 534 g/mol. The summed E-state index contributed by atoms with van der Waals surface area (Å²) in [5, 5.41) is 16.0. The van der Waals surface area contributed by atoms with E-state index in [-0.39, 0.29) is 41.9 Å². The summed E-state index contributed by atoms with van der Waals surface area (Å²) in [6.45, 7) is 7.17. The van der Waals surface area contributed by atoms with Crippen molar-refractivity contribution in [2.75, 3.05) is 11.9 Å². The first-order valence-corrected chi connectivity index (χ1v) is 13.1. The molecule has 1 aromatic carbocycles. The van der Waals surface area contributed by atoms with Gasteiger partial charge in [0.05, 0.1) is 39.6 Å². The van der Waals surface area contributed by atoms with Crippen molar-refractivity contribution in [1.29, 1.82) is 0 Å². The van der Waals surface area contributed by atoms with Crippen LogP contribution in [0, 0.1) is 17.0 Å². The highest BCUT2D eigenvalue weighted by Gasteiger charge is 2.50. The second-order valence-electron chi connectivity index (χ2n) is 9.99. The third-order valence-electron chi connectivity index (χ3n) is 7.58. The van der Waals surface area contributed by atoms with Crippen molar-refractivity contribution in [3.8, 4) is 11.4 Å². The summed E-state index contributed by atoms with van der Waals surface area (Å²) >= 11 is 0. The Kier molecular flexibility index (Phi) is 6.61. The van der Waals surface area contributed by atoms with Crippen LogP contribution in [-0.2, 0) is 37.8 Å². The van der Waals surface area contributed by atoms with Gasteiger partial charge in [0.1, 0.15) is 12.0 Å². The first kappa shape index (κ1) is 26.3. The van der Waals surface area contributed by atoms with Crippen LogP contribution in [0.5, 0.6) is 0 Å². The molecule has 2 aliphatic heterocycles. The van der Waals surface area contributed by atoms with Gasteiger partial charge in [0.15, 0.2) is 0 Å². The van der Waals surface area contributed by atoms with Crippen LogP contribution in [-0.4, -0.2) is 33.0 Å². The number of cyclic esters (lactones) is 1. The number of anilines is 1. The summed E-state index contributed by atoms with van der Waals surface area (Å²) in [6, 6.07) is 5.08. The Morgan fingerprint density at radius 1 is 1.26 bits per heavy atom. The first-order chi connectivity index (χ1) is 18.6. The topological polar surface area (TPSA) is 143 Å². The molecule has 2 aliphatic rings. The van der Waals surface area contributed by atoms with Gasteiger partial charge in [-0.1, -0.05) is 32.8 Å². The van der Waals surface area contributed by atoms with Gasteiger partial charge in [-0.25, -0.2) is 9.78 Å². The summed E-state index contributed by atoms with van der Waals surface area (Å²) in [6.07, 6.45) is 2.96. The number of carbonyl (C=O) groups excluding carboxylic acids is 2. The van der Waals surface area contributed by atoms with E-state index in [1.54, 1.807) is 36.6 Å². The van der Waals surface area contributed by atoms with E-state index in [1.807, 2.05) is 0 Å². The van der Waals surface area contributed by atoms with Gasteiger partial charge in [-0.3, -0.25) is 19.7 Å². The van der Waals surface area contributed by atoms with Crippen molar-refractivity contribution < 1.29 is 24.0 Å². The predicted octanol–water partition coefficient (Wildman–Crippen LogP) is 4.47. The summed E-state index contributed by atoms with van der Waals surface area (Å²) in [5.74, 6) is -1.40. The quantitative estimate of drug-likeness (QED) is 0.150. The molecule has 0 saturated carbocycles. The van der Waals surface area contributed by atoms with Crippen molar-refractivity contribution in [2.45, 2.75) is 72.1 Å². The molecule has 0 fully saturated rings. The highest BCUT2D eigenvalue weighted by atomic mass is 16.6. The van der Waals surface area contributed by atoms with Crippen LogP contribution in [0.3, 0.4) is 0 Å². The average Bonchev–Trinajstić information content (AvgIpc) is 3.26. The molecule has 0 unspecified atom stereocenters. The maximum absolute atomic E-state index is 13.8. The van der Waals surface area contributed by atoms with Gasteiger partial charge in [0.25, 0.3) is 11.2 Å². The van der Waals surface area contributed by atoms with Crippen LogP contribution < -0.4 is 10.9 Å². The van der Waals surface area contributed by atoms with Gasteiger partial charge in [-0.15, -0.1) is 0 Å². The highest BCUT2D eigenvalue weighted by Crippen LogP contribution is 2.45. The number of nitrogens with zero attached hydrogens (tertiary/aromatic N) is 3. The lowest BCUT2D eigenvalue weighted by atomic mass is 9.85. The fourth-order valence-electron chi connectivity index (χ4n) is 5.68. The van der Waals surface area contributed by atoms with E-state index >= 15 is 0 Å². The number of carbonyl (C=O) groups is 2. The van der Waals surface area contributed by atoms with Crippen molar-refractivity contribution in [1.82, 2.24) is 9.55 Å². The molecule has 2 aromatic heterocycles. The zero-order valence-electron chi connectivity index (χ0n) is 22.4.